The number of amides is 1. The number of rotatable bonds is 7. The molecule has 0 aliphatic heterocycles. The third-order valence-corrected chi connectivity index (χ3v) is 2.80. The molecular weight excluding hydrogens is 216 g/mol. The van der Waals surface area contributed by atoms with Gasteiger partial charge in [0.2, 0.25) is 5.91 Å². The highest BCUT2D eigenvalue weighted by Crippen LogP contribution is 1.99. The van der Waals surface area contributed by atoms with Crippen LogP contribution in [0.4, 0.5) is 0 Å². The summed E-state index contributed by atoms with van der Waals surface area (Å²) in [6, 6.07) is 0.277. The number of nitrogens with zero attached hydrogens (tertiary/aromatic N) is 2. The van der Waals surface area contributed by atoms with E-state index in [1.165, 1.54) is 0 Å². The van der Waals surface area contributed by atoms with Crippen LogP contribution in [0.15, 0.2) is 12.4 Å². The predicted octanol–water partition coefficient (Wildman–Crippen LogP) is 0.907. The Morgan fingerprint density at radius 3 is 2.76 bits per heavy atom. The smallest absolute Gasteiger partial charge is 0.240 e. The van der Waals surface area contributed by atoms with E-state index >= 15 is 0 Å². The Morgan fingerprint density at radius 1 is 1.47 bits per heavy atom. The van der Waals surface area contributed by atoms with Crippen molar-refractivity contribution in [3.05, 3.63) is 18.2 Å². The monoisotopic (exact) mass is 238 g/mol. The zero-order chi connectivity index (χ0) is 12.7. The third-order valence-electron chi connectivity index (χ3n) is 2.80. The van der Waals surface area contributed by atoms with Crippen LogP contribution in [-0.4, -0.2) is 28.5 Å². The molecule has 0 saturated heterocycles. The van der Waals surface area contributed by atoms with Crippen molar-refractivity contribution in [2.75, 3.05) is 7.05 Å². The number of carbonyl (C=O) groups is 1. The lowest BCUT2D eigenvalue weighted by molar-refractivity contribution is -0.122. The number of hydrogen-bond donors (Lipinski definition) is 2. The van der Waals surface area contributed by atoms with E-state index in [-0.39, 0.29) is 11.9 Å². The summed E-state index contributed by atoms with van der Waals surface area (Å²) in [5, 5.41) is 6.05. The standard InChI is InChI=1S/C12H22N4O/c1-4-10(5-2)15-12(17)9-16-7-6-14-11(16)8-13-3/h6-7,10,13H,4-5,8-9H2,1-3H3,(H,15,17). The Labute approximate surface area is 103 Å². The summed E-state index contributed by atoms with van der Waals surface area (Å²) in [5.74, 6) is 0.932. The van der Waals surface area contributed by atoms with Gasteiger partial charge in [0, 0.05) is 18.4 Å². The number of imidazole rings is 1. The van der Waals surface area contributed by atoms with E-state index in [4.69, 9.17) is 0 Å². The lowest BCUT2D eigenvalue weighted by atomic mass is 10.2. The predicted molar refractivity (Wildman–Crippen MR) is 67.5 cm³/mol. The molecule has 17 heavy (non-hydrogen) atoms. The first-order valence-corrected chi connectivity index (χ1v) is 6.15. The largest absolute Gasteiger partial charge is 0.352 e. The fourth-order valence-corrected chi connectivity index (χ4v) is 1.73. The maximum atomic E-state index is 11.8. The molecule has 0 radical (unpaired) electrons. The molecule has 0 aliphatic rings. The van der Waals surface area contributed by atoms with Crippen molar-refractivity contribution < 1.29 is 4.79 Å². The lowest BCUT2D eigenvalue weighted by Crippen LogP contribution is -2.36. The highest BCUT2D eigenvalue weighted by molar-refractivity contribution is 5.76. The van der Waals surface area contributed by atoms with Gasteiger partial charge in [-0.1, -0.05) is 13.8 Å². The van der Waals surface area contributed by atoms with Crippen LogP contribution in [0.5, 0.6) is 0 Å². The van der Waals surface area contributed by atoms with Crippen LogP contribution in [-0.2, 0) is 17.9 Å². The zero-order valence-corrected chi connectivity index (χ0v) is 10.9. The first kappa shape index (κ1) is 13.7. The van der Waals surface area contributed by atoms with E-state index in [0.29, 0.717) is 13.1 Å². The molecule has 96 valence electrons. The van der Waals surface area contributed by atoms with Crippen molar-refractivity contribution in [3.8, 4) is 0 Å². The summed E-state index contributed by atoms with van der Waals surface area (Å²) in [4.78, 5) is 16.0. The highest BCUT2D eigenvalue weighted by Gasteiger charge is 2.10. The number of carbonyl (C=O) groups excluding carboxylic acids is 1. The Balaban J connectivity index is 2.52. The van der Waals surface area contributed by atoms with E-state index in [1.807, 2.05) is 17.8 Å². The molecule has 1 heterocycles. The second-order valence-electron chi connectivity index (χ2n) is 4.08. The molecule has 1 aromatic heterocycles. The zero-order valence-electron chi connectivity index (χ0n) is 10.9. The van der Waals surface area contributed by atoms with Gasteiger partial charge in [0.05, 0.1) is 6.54 Å². The quantitative estimate of drug-likeness (QED) is 0.742. The molecule has 0 saturated carbocycles. The molecule has 0 bridgehead atoms. The third kappa shape index (κ3) is 4.19. The Bertz CT molecular complexity index is 344. The summed E-state index contributed by atoms with van der Waals surface area (Å²) in [5.41, 5.74) is 0. The summed E-state index contributed by atoms with van der Waals surface area (Å²) in [6.45, 7) is 5.18. The van der Waals surface area contributed by atoms with Gasteiger partial charge in [-0.25, -0.2) is 4.98 Å². The first-order valence-electron chi connectivity index (χ1n) is 6.15. The molecule has 0 spiro atoms. The topological polar surface area (TPSA) is 59.0 Å². The minimum Gasteiger partial charge on any atom is -0.352 e. The fraction of sp³-hybridized carbons (Fsp3) is 0.667. The molecule has 0 unspecified atom stereocenters. The summed E-state index contributed by atoms with van der Waals surface area (Å²) in [7, 11) is 1.86. The van der Waals surface area contributed by atoms with Crippen LogP contribution in [0.3, 0.4) is 0 Å². The molecule has 0 aromatic carbocycles. The molecule has 1 amide bonds. The second kappa shape index (κ2) is 7.06. The minimum absolute atomic E-state index is 0.0500. The van der Waals surface area contributed by atoms with Crippen molar-refractivity contribution >= 4 is 5.91 Å². The van der Waals surface area contributed by atoms with Gasteiger partial charge in [0.25, 0.3) is 0 Å². The molecule has 2 N–H and O–H groups in total. The number of nitrogens with one attached hydrogen (secondary N) is 2. The average Bonchev–Trinajstić information content (AvgIpc) is 2.74. The van der Waals surface area contributed by atoms with Crippen LogP contribution < -0.4 is 10.6 Å². The van der Waals surface area contributed by atoms with E-state index in [0.717, 1.165) is 18.7 Å². The van der Waals surface area contributed by atoms with Gasteiger partial charge in [0.15, 0.2) is 0 Å². The normalized spacial score (nSPS) is 10.8. The molecule has 5 heteroatoms. The summed E-state index contributed by atoms with van der Waals surface area (Å²) in [6.07, 6.45) is 5.49. The van der Waals surface area contributed by atoms with Crippen LogP contribution >= 0.6 is 0 Å². The van der Waals surface area contributed by atoms with Gasteiger partial charge in [-0.05, 0) is 19.9 Å². The van der Waals surface area contributed by atoms with Crippen molar-refractivity contribution in [2.24, 2.45) is 0 Å². The second-order valence-corrected chi connectivity index (χ2v) is 4.08. The molecule has 0 fully saturated rings. The van der Waals surface area contributed by atoms with Gasteiger partial charge >= 0.3 is 0 Å². The molecule has 5 nitrogen and oxygen atoms in total. The first-order chi connectivity index (χ1) is 8.21. The molecule has 1 rings (SSSR count). The maximum Gasteiger partial charge on any atom is 0.240 e. The number of aromatic nitrogens is 2. The Kier molecular flexibility index (Phi) is 5.69. The molecular formula is C12H22N4O. The molecule has 1 aromatic rings. The summed E-state index contributed by atoms with van der Waals surface area (Å²) >= 11 is 0. The Hall–Kier alpha value is -1.36. The van der Waals surface area contributed by atoms with Gasteiger partial charge in [-0.2, -0.15) is 0 Å². The van der Waals surface area contributed by atoms with E-state index in [1.54, 1.807) is 6.20 Å². The van der Waals surface area contributed by atoms with Gasteiger partial charge < -0.3 is 15.2 Å². The highest BCUT2D eigenvalue weighted by atomic mass is 16.2. The van der Waals surface area contributed by atoms with E-state index < -0.39 is 0 Å². The van der Waals surface area contributed by atoms with Crippen LogP contribution in [0.25, 0.3) is 0 Å². The lowest BCUT2D eigenvalue weighted by Gasteiger charge is -2.15. The van der Waals surface area contributed by atoms with Crippen molar-refractivity contribution in [2.45, 2.75) is 45.8 Å². The maximum absolute atomic E-state index is 11.8. The fourth-order valence-electron chi connectivity index (χ4n) is 1.73. The molecule has 0 atom stereocenters. The van der Waals surface area contributed by atoms with Crippen molar-refractivity contribution in [1.82, 2.24) is 20.2 Å². The van der Waals surface area contributed by atoms with Crippen LogP contribution in [0.1, 0.15) is 32.5 Å². The van der Waals surface area contributed by atoms with E-state index in [2.05, 4.69) is 29.5 Å². The van der Waals surface area contributed by atoms with Crippen molar-refractivity contribution in [1.29, 1.82) is 0 Å². The van der Waals surface area contributed by atoms with Crippen LogP contribution in [0, 0.1) is 0 Å². The van der Waals surface area contributed by atoms with Gasteiger partial charge in [0.1, 0.15) is 12.4 Å². The minimum atomic E-state index is 0.0500. The summed E-state index contributed by atoms with van der Waals surface area (Å²) < 4.78 is 1.87. The SMILES string of the molecule is CCC(CC)NC(=O)Cn1ccnc1CNC. The number of hydrogen-bond acceptors (Lipinski definition) is 3. The van der Waals surface area contributed by atoms with Gasteiger partial charge in [-0.15, -0.1) is 0 Å². The average molecular weight is 238 g/mol. The van der Waals surface area contributed by atoms with Gasteiger partial charge in [-0.3, -0.25) is 4.79 Å². The Morgan fingerprint density at radius 2 is 2.18 bits per heavy atom. The van der Waals surface area contributed by atoms with Crippen LogP contribution in [0.2, 0.25) is 0 Å². The van der Waals surface area contributed by atoms with Crippen molar-refractivity contribution in [3.63, 3.8) is 0 Å². The van der Waals surface area contributed by atoms with E-state index in [9.17, 15) is 4.79 Å². The molecule has 0 aliphatic carbocycles.